The number of amides is 1. The predicted molar refractivity (Wildman–Crippen MR) is 69.2 cm³/mol. The monoisotopic (exact) mass is 273 g/mol. The SMILES string of the molecule is CC[C@H](C)[C@@H](NC(C)=O)[C@H](CC(=O)OC)OC(C)=O. The normalized spacial score (nSPS) is 15.0. The van der Waals surface area contributed by atoms with Crippen LogP contribution in [0.25, 0.3) is 0 Å². The zero-order valence-corrected chi connectivity index (χ0v) is 12.2. The largest absolute Gasteiger partial charge is 0.469 e. The molecule has 6 nitrogen and oxygen atoms in total. The number of nitrogens with one attached hydrogen (secondary N) is 1. The minimum Gasteiger partial charge on any atom is -0.469 e. The van der Waals surface area contributed by atoms with E-state index in [1.165, 1.54) is 21.0 Å². The molecule has 0 rings (SSSR count). The molecular formula is C13H23NO5. The molecule has 0 saturated carbocycles. The van der Waals surface area contributed by atoms with Gasteiger partial charge in [0, 0.05) is 13.8 Å². The summed E-state index contributed by atoms with van der Waals surface area (Å²) in [5.41, 5.74) is 0. The van der Waals surface area contributed by atoms with Crippen molar-refractivity contribution in [3.05, 3.63) is 0 Å². The zero-order chi connectivity index (χ0) is 15.0. The molecule has 0 bridgehead atoms. The summed E-state index contributed by atoms with van der Waals surface area (Å²) in [5, 5.41) is 2.74. The molecular weight excluding hydrogens is 250 g/mol. The molecule has 0 aromatic rings. The third kappa shape index (κ3) is 6.79. The molecule has 110 valence electrons. The van der Waals surface area contributed by atoms with E-state index in [4.69, 9.17) is 4.74 Å². The summed E-state index contributed by atoms with van der Waals surface area (Å²) in [5.74, 6) is -1.14. The van der Waals surface area contributed by atoms with Gasteiger partial charge in [-0.3, -0.25) is 14.4 Å². The van der Waals surface area contributed by atoms with Crippen LogP contribution >= 0.6 is 0 Å². The summed E-state index contributed by atoms with van der Waals surface area (Å²) >= 11 is 0. The lowest BCUT2D eigenvalue weighted by Gasteiger charge is -2.30. The highest BCUT2D eigenvalue weighted by atomic mass is 16.6. The van der Waals surface area contributed by atoms with Crippen LogP contribution in [0, 0.1) is 5.92 Å². The van der Waals surface area contributed by atoms with Gasteiger partial charge in [0.15, 0.2) is 0 Å². The van der Waals surface area contributed by atoms with Crippen LogP contribution in [0.3, 0.4) is 0 Å². The van der Waals surface area contributed by atoms with Gasteiger partial charge in [-0.1, -0.05) is 20.3 Å². The van der Waals surface area contributed by atoms with Crippen molar-refractivity contribution in [2.24, 2.45) is 5.92 Å². The molecule has 1 amide bonds. The van der Waals surface area contributed by atoms with Crippen molar-refractivity contribution in [3.8, 4) is 0 Å². The number of methoxy groups -OCH3 is 1. The highest BCUT2D eigenvalue weighted by Crippen LogP contribution is 2.17. The van der Waals surface area contributed by atoms with Gasteiger partial charge in [-0.25, -0.2) is 0 Å². The Bertz CT molecular complexity index is 329. The molecule has 0 heterocycles. The summed E-state index contributed by atoms with van der Waals surface area (Å²) in [7, 11) is 1.27. The van der Waals surface area contributed by atoms with E-state index in [1.807, 2.05) is 13.8 Å². The standard InChI is InChI=1S/C13H23NO5/c1-6-8(2)13(14-9(3)15)11(19-10(4)16)7-12(17)18-5/h8,11,13H,6-7H2,1-5H3,(H,14,15)/t8-,11-,13+/m0/s1. The van der Waals surface area contributed by atoms with Crippen LogP contribution in [-0.2, 0) is 23.9 Å². The maximum absolute atomic E-state index is 11.4. The number of carbonyl (C=O) groups is 3. The molecule has 0 fully saturated rings. The number of ether oxygens (including phenoxy) is 2. The fraction of sp³-hybridized carbons (Fsp3) is 0.769. The number of hydrogen-bond donors (Lipinski definition) is 1. The molecule has 0 aromatic heterocycles. The smallest absolute Gasteiger partial charge is 0.309 e. The van der Waals surface area contributed by atoms with Crippen LogP contribution in [0.5, 0.6) is 0 Å². The maximum atomic E-state index is 11.4. The Hall–Kier alpha value is -1.59. The zero-order valence-electron chi connectivity index (χ0n) is 12.2. The van der Waals surface area contributed by atoms with Crippen LogP contribution in [0.4, 0.5) is 0 Å². The van der Waals surface area contributed by atoms with Gasteiger partial charge in [-0.15, -0.1) is 0 Å². The van der Waals surface area contributed by atoms with Gasteiger partial charge in [-0.2, -0.15) is 0 Å². The van der Waals surface area contributed by atoms with Gasteiger partial charge in [0.2, 0.25) is 5.91 Å². The molecule has 0 aliphatic heterocycles. The number of esters is 2. The fourth-order valence-corrected chi connectivity index (χ4v) is 1.79. The lowest BCUT2D eigenvalue weighted by atomic mass is 9.92. The average Bonchev–Trinajstić information content (AvgIpc) is 2.33. The summed E-state index contributed by atoms with van der Waals surface area (Å²) in [6.45, 7) is 6.54. The Morgan fingerprint density at radius 3 is 2.16 bits per heavy atom. The van der Waals surface area contributed by atoms with Crippen LogP contribution < -0.4 is 5.32 Å². The first kappa shape index (κ1) is 17.4. The van der Waals surface area contributed by atoms with E-state index in [9.17, 15) is 14.4 Å². The molecule has 1 N–H and O–H groups in total. The first-order valence-corrected chi connectivity index (χ1v) is 6.32. The van der Waals surface area contributed by atoms with E-state index in [0.29, 0.717) is 0 Å². The topological polar surface area (TPSA) is 81.7 Å². The average molecular weight is 273 g/mol. The van der Waals surface area contributed by atoms with Crippen LogP contribution in [0.1, 0.15) is 40.5 Å². The number of hydrogen-bond acceptors (Lipinski definition) is 5. The minimum absolute atomic E-state index is 0.0675. The van der Waals surface area contributed by atoms with Gasteiger partial charge in [0.25, 0.3) is 0 Å². The van der Waals surface area contributed by atoms with Gasteiger partial charge >= 0.3 is 11.9 Å². The first-order chi connectivity index (χ1) is 8.81. The molecule has 0 radical (unpaired) electrons. The molecule has 0 aromatic carbocycles. The molecule has 0 saturated heterocycles. The van der Waals surface area contributed by atoms with Crippen molar-refractivity contribution in [1.29, 1.82) is 0 Å². The van der Waals surface area contributed by atoms with E-state index >= 15 is 0 Å². The third-order valence-electron chi connectivity index (χ3n) is 2.94. The number of carbonyl (C=O) groups excluding carboxylic acids is 3. The molecule has 6 heteroatoms. The molecule has 3 atom stereocenters. The maximum Gasteiger partial charge on any atom is 0.309 e. The Kier molecular flexibility index (Phi) is 7.79. The fourth-order valence-electron chi connectivity index (χ4n) is 1.79. The molecule has 0 spiro atoms. The lowest BCUT2D eigenvalue weighted by molar-refractivity contribution is -0.155. The summed E-state index contributed by atoms with van der Waals surface area (Å²) < 4.78 is 9.74. The lowest BCUT2D eigenvalue weighted by Crippen LogP contribution is -2.49. The second kappa shape index (κ2) is 8.50. The predicted octanol–water partition coefficient (Wildman–Crippen LogP) is 1.03. The van der Waals surface area contributed by atoms with E-state index in [-0.39, 0.29) is 18.2 Å². The molecule has 0 aliphatic rings. The Labute approximate surface area is 113 Å². The van der Waals surface area contributed by atoms with E-state index < -0.39 is 24.1 Å². The van der Waals surface area contributed by atoms with Crippen LogP contribution in [-0.4, -0.2) is 37.1 Å². The summed E-state index contributed by atoms with van der Waals surface area (Å²) in [6, 6.07) is -0.412. The second-order valence-electron chi connectivity index (χ2n) is 4.54. The highest BCUT2D eigenvalue weighted by Gasteiger charge is 2.31. The summed E-state index contributed by atoms with van der Waals surface area (Å²) in [6.07, 6.45) is -0.0151. The quantitative estimate of drug-likeness (QED) is 0.701. The molecule has 0 aliphatic carbocycles. The van der Waals surface area contributed by atoms with Crippen molar-refractivity contribution in [2.75, 3.05) is 7.11 Å². The van der Waals surface area contributed by atoms with Gasteiger partial charge < -0.3 is 14.8 Å². The van der Waals surface area contributed by atoms with Crippen molar-refractivity contribution in [1.82, 2.24) is 5.32 Å². The van der Waals surface area contributed by atoms with Crippen molar-refractivity contribution in [3.63, 3.8) is 0 Å². The highest BCUT2D eigenvalue weighted by molar-refractivity contribution is 5.74. The Morgan fingerprint density at radius 2 is 1.79 bits per heavy atom. The molecule has 19 heavy (non-hydrogen) atoms. The number of rotatable bonds is 7. The van der Waals surface area contributed by atoms with Gasteiger partial charge in [0.1, 0.15) is 6.10 Å². The molecule has 0 unspecified atom stereocenters. The van der Waals surface area contributed by atoms with E-state index in [1.54, 1.807) is 0 Å². The van der Waals surface area contributed by atoms with E-state index in [0.717, 1.165) is 6.42 Å². The van der Waals surface area contributed by atoms with Crippen LogP contribution in [0.2, 0.25) is 0 Å². The van der Waals surface area contributed by atoms with Crippen molar-refractivity contribution >= 4 is 17.8 Å². The van der Waals surface area contributed by atoms with E-state index in [2.05, 4.69) is 10.1 Å². The minimum atomic E-state index is -0.719. The van der Waals surface area contributed by atoms with Gasteiger partial charge in [0.05, 0.1) is 19.6 Å². The van der Waals surface area contributed by atoms with Gasteiger partial charge in [-0.05, 0) is 5.92 Å². The Morgan fingerprint density at radius 1 is 1.21 bits per heavy atom. The second-order valence-corrected chi connectivity index (χ2v) is 4.54. The third-order valence-corrected chi connectivity index (χ3v) is 2.94. The van der Waals surface area contributed by atoms with Crippen LogP contribution in [0.15, 0.2) is 0 Å². The first-order valence-electron chi connectivity index (χ1n) is 6.32. The van der Waals surface area contributed by atoms with Crippen molar-refractivity contribution < 1.29 is 23.9 Å². The van der Waals surface area contributed by atoms with Crippen molar-refractivity contribution in [2.45, 2.75) is 52.7 Å². The summed E-state index contributed by atoms with van der Waals surface area (Å²) in [4.78, 5) is 33.8. The Balaban J connectivity index is 5.03.